The molecule has 0 bridgehead atoms. The van der Waals surface area contributed by atoms with Gasteiger partial charge in [0.1, 0.15) is 28.3 Å². The number of ether oxygens (including phenoxy) is 1. The zero-order chi connectivity index (χ0) is 23.5. The van der Waals surface area contributed by atoms with E-state index in [0.717, 1.165) is 25.6 Å². The van der Waals surface area contributed by atoms with Gasteiger partial charge in [-0.3, -0.25) is 9.69 Å². The van der Waals surface area contributed by atoms with Crippen LogP contribution < -0.4 is 4.74 Å². The van der Waals surface area contributed by atoms with Gasteiger partial charge in [0.15, 0.2) is 0 Å². The molecule has 1 aliphatic rings. The van der Waals surface area contributed by atoms with Crippen molar-refractivity contribution in [3.05, 3.63) is 97.9 Å². The largest absolute Gasteiger partial charge is 0.487 e. The summed E-state index contributed by atoms with van der Waals surface area (Å²) < 4.78 is 34.2. The van der Waals surface area contributed by atoms with Crippen molar-refractivity contribution in [3.8, 4) is 5.75 Å². The third-order valence-electron chi connectivity index (χ3n) is 5.03. The van der Waals surface area contributed by atoms with Crippen molar-refractivity contribution in [1.29, 1.82) is 0 Å². The maximum atomic E-state index is 13.2. The molecule has 1 saturated heterocycles. The molecular formula is C24H17Br2F2NO2S2. The average molecular weight is 613 g/mol. The summed E-state index contributed by atoms with van der Waals surface area (Å²) in [6.07, 6.45) is 0.499. The van der Waals surface area contributed by atoms with Crippen LogP contribution >= 0.6 is 55.8 Å². The van der Waals surface area contributed by atoms with Crippen LogP contribution in [0.1, 0.15) is 16.7 Å². The van der Waals surface area contributed by atoms with Gasteiger partial charge in [0.2, 0.25) is 5.91 Å². The number of rotatable bonds is 7. The molecule has 3 aromatic rings. The highest BCUT2D eigenvalue weighted by Gasteiger charge is 2.37. The third kappa shape index (κ3) is 6.01. The molecule has 0 unspecified atom stereocenters. The van der Waals surface area contributed by atoms with Crippen LogP contribution in [-0.4, -0.2) is 20.4 Å². The van der Waals surface area contributed by atoms with Crippen LogP contribution in [0.25, 0.3) is 0 Å². The number of thioether (sulfide) groups is 1. The summed E-state index contributed by atoms with van der Waals surface area (Å²) in [7, 11) is 0. The quantitative estimate of drug-likeness (QED) is 0.268. The van der Waals surface area contributed by atoms with Crippen LogP contribution in [-0.2, 0) is 24.4 Å². The Labute approximate surface area is 216 Å². The van der Waals surface area contributed by atoms with Crippen molar-refractivity contribution in [2.24, 2.45) is 0 Å². The zero-order valence-corrected chi connectivity index (χ0v) is 21.9. The van der Waals surface area contributed by atoms with E-state index >= 15 is 0 Å². The Balaban J connectivity index is 1.42. The predicted molar refractivity (Wildman–Crippen MR) is 137 cm³/mol. The summed E-state index contributed by atoms with van der Waals surface area (Å²) in [6.45, 7) is 0.616. The molecule has 0 N–H and O–H groups in total. The number of thiocarbonyl (C=S) groups is 1. The molecule has 1 fully saturated rings. The molecule has 4 rings (SSSR count). The number of hydrogen-bond donors (Lipinski definition) is 0. The molecule has 3 aromatic carbocycles. The molecule has 1 amide bonds. The molecular weight excluding hydrogens is 596 g/mol. The number of carbonyl (C=O) groups is 1. The van der Waals surface area contributed by atoms with Crippen molar-refractivity contribution in [3.63, 3.8) is 0 Å². The van der Waals surface area contributed by atoms with Gasteiger partial charge in [-0.1, -0.05) is 48.2 Å². The second kappa shape index (κ2) is 10.6. The predicted octanol–water partition coefficient (Wildman–Crippen LogP) is 7.04. The minimum absolute atomic E-state index is 0.0572. The van der Waals surface area contributed by atoms with Crippen LogP contribution in [0, 0.1) is 11.6 Å². The van der Waals surface area contributed by atoms with Crippen LogP contribution in [0.4, 0.5) is 8.78 Å². The first-order valence-corrected chi connectivity index (χ1v) is 12.8. The van der Waals surface area contributed by atoms with Gasteiger partial charge >= 0.3 is 0 Å². The molecule has 170 valence electrons. The monoisotopic (exact) mass is 611 g/mol. The van der Waals surface area contributed by atoms with E-state index in [4.69, 9.17) is 17.0 Å². The van der Waals surface area contributed by atoms with Crippen molar-refractivity contribution < 1.29 is 18.3 Å². The lowest BCUT2D eigenvalue weighted by Gasteiger charge is -2.16. The van der Waals surface area contributed by atoms with Crippen LogP contribution in [0.3, 0.4) is 0 Å². The summed E-state index contributed by atoms with van der Waals surface area (Å²) >= 11 is 13.9. The fourth-order valence-corrected chi connectivity index (χ4v) is 6.40. The normalized spacial score (nSPS) is 15.9. The first-order valence-electron chi connectivity index (χ1n) is 9.92. The van der Waals surface area contributed by atoms with E-state index in [1.165, 1.54) is 36.0 Å². The van der Waals surface area contributed by atoms with Crippen molar-refractivity contribution >= 4 is 66.1 Å². The molecule has 0 spiro atoms. The van der Waals surface area contributed by atoms with E-state index in [9.17, 15) is 13.6 Å². The molecule has 0 aromatic heterocycles. The van der Waals surface area contributed by atoms with E-state index in [0.29, 0.717) is 29.6 Å². The molecule has 0 saturated carbocycles. The smallest absolute Gasteiger partial charge is 0.242 e. The number of nitrogens with zero attached hydrogens (tertiary/aromatic N) is 1. The Morgan fingerprint density at radius 2 is 1.45 bits per heavy atom. The van der Waals surface area contributed by atoms with E-state index in [1.54, 1.807) is 29.2 Å². The lowest BCUT2D eigenvalue weighted by atomic mass is 10.1. The molecule has 1 atom stereocenters. The van der Waals surface area contributed by atoms with Gasteiger partial charge in [-0.15, -0.1) is 0 Å². The fourth-order valence-electron chi connectivity index (χ4n) is 3.36. The fraction of sp³-hybridized carbons (Fsp3) is 0.167. The van der Waals surface area contributed by atoms with E-state index in [-0.39, 0.29) is 22.8 Å². The summed E-state index contributed by atoms with van der Waals surface area (Å²) in [5.41, 5.74) is 2.61. The Bertz CT molecular complexity index is 1170. The van der Waals surface area contributed by atoms with E-state index in [2.05, 4.69) is 31.9 Å². The minimum Gasteiger partial charge on any atom is -0.487 e. The van der Waals surface area contributed by atoms with Gasteiger partial charge in [0, 0.05) is 0 Å². The lowest BCUT2D eigenvalue weighted by Crippen LogP contribution is -2.31. The van der Waals surface area contributed by atoms with Gasteiger partial charge in [-0.05, 0) is 91.4 Å². The van der Waals surface area contributed by atoms with Crippen molar-refractivity contribution in [2.45, 2.75) is 24.8 Å². The van der Waals surface area contributed by atoms with Crippen LogP contribution in [0.5, 0.6) is 5.75 Å². The number of amides is 1. The summed E-state index contributed by atoms with van der Waals surface area (Å²) in [5.74, 6) is -0.0387. The minimum atomic E-state index is -0.331. The number of halogens is 4. The van der Waals surface area contributed by atoms with Gasteiger partial charge in [-0.25, -0.2) is 8.78 Å². The van der Waals surface area contributed by atoms with Gasteiger partial charge in [0.25, 0.3) is 0 Å². The molecule has 1 aliphatic heterocycles. The summed E-state index contributed by atoms with van der Waals surface area (Å²) in [4.78, 5) is 14.6. The third-order valence-corrected chi connectivity index (χ3v) is 7.80. The number of benzene rings is 3. The lowest BCUT2D eigenvalue weighted by molar-refractivity contribution is -0.126. The highest BCUT2D eigenvalue weighted by Crippen LogP contribution is 2.38. The standard InChI is InChI=1S/C24H17Br2F2NO2S2/c25-19-9-16(10-20(26)22(19)31-13-15-3-7-18(28)8-4-15)11-21-23(30)29(24(32)33-21)12-14-1-5-17(27)6-2-14/h1-10,21H,11-13H2/t21-/m1/s1. The van der Waals surface area contributed by atoms with Gasteiger partial charge < -0.3 is 4.74 Å². The molecule has 33 heavy (non-hydrogen) atoms. The first-order chi connectivity index (χ1) is 15.8. The second-order valence-electron chi connectivity index (χ2n) is 7.43. The number of carbonyl (C=O) groups excluding carboxylic acids is 1. The maximum Gasteiger partial charge on any atom is 0.242 e. The zero-order valence-electron chi connectivity index (χ0n) is 17.1. The Morgan fingerprint density at radius 1 is 0.909 bits per heavy atom. The Morgan fingerprint density at radius 3 is 2.03 bits per heavy atom. The topological polar surface area (TPSA) is 29.5 Å². The first kappa shape index (κ1) is 24.3. The summed E-state index contributed by atoms with van der Waals surface area (Å²) in [5, 5.41) is -0.331. The van der Waals surface area contributed by atoms with Gasteiger partial charge in [0.05, 0.1) is 20.7 Å². The van der Waals surface area contributed by atoms with Crippen molar-refractivity contribution in [2.75, 3.05) is 0 Å². The maximum absolute atomic E-state index is 13.2. The molecule has 0 aliphatic carbocycles. The summed E-state index contributed by atoms with van der Waals surface area (Å²) in [6, 6.07) is 16.0. The van der Waals surface area contributed by atoms with E-state index < -0.39 is 0 Å². The van der Waals surface area contributed by atoms with Crippen LogP contribution in [0.2, 0.25) is 0 Å². The highest BCUT2D eigenvalue weighted by molar-refractivity contribution is 9.11. The van der Waals surface area contributed by atoms with Crippen molar-refractivity contribution in [1.82, 2.24) is 4.90 Å². The molecule has 1 heterocycles. The van der Waals surface area contributed by atoms with Crippen LogP contribution in [0.15, 0.2) is 69.6 Å². The SMILES string of the molecule is O=C1[C@@H](Cc2cc(Br)c(OCc3ccc(F)cc3)c(Br)c2)SC(=S)N1Cc1ccc(F)cc1. The highest BCUT2D eigenvalue weighted by atomic mass is 79.9. The molecule has 9 heteroatoms. The molecule has 3 nitrogen and oxygen atoms in total. The molecule has 0 radical (unpaired) electrons. The average Bonchev–Trinajstić information content (AvgIpc) is 3.03. The number of hydrogen-bond acceptors (Lipinski definition) is 4. The second-order valence-corrected chi connectivity index (χ2v) is 11.0. The van der Waals surface area contributed by atoms with E-state index in [1.807, 2.05) is 12.1 Å². The Hall–Kier alpha value is -1.81. The van der Waals surface area contributed by atoms with Gasteiger partial charge in [-0.2, -0.15) is 0 Å². The Kier molecular flexibility index (Phi) is 7.83.